The lowest BCUT2D eigenvalue weighted by atomic mass is 10.1. The topological polar surface area (TPSA) is 102 Å². The highest BCUT2D eigenvalue weighted by Crippen LogP contribution is 2.18. The summed E-state index contributed by atoms with van der Waals surface area (Å²) in [5, 5.41) is 7.49. The predicted molar refractivity (Wildman–Crippen MR) is 125 cm³/mol. The van der Waals surface area contributed by atoms with Gasteiger partial charge in [-0.15, -0.1) is 0 Å². The Morgan fingerprint density at radius 3 is 2.67 bits per heavy atom. The zero-order valence-corrected chi connectivity index (χ0v) is 19.6. The van der Waals surface area contributed by atoms with E-state index in [4.69, 9.17) is 4.74 Å². The normalized spacial score (nSPS) is 16.1. The first kappa shape index (κ1) is 23.2. The number of carbonyl (C=O) groups excluding carboxylic acids is 1. The molecular weight excluding hydrogens is 440 g/mol. The first-order chi connectivity index (χ1) is 15.8. The summed E-state index contributed by atoms with van der Waals surface area (Å²) in [5.41, 5.74) is 3.92. The van der Waals surface area contributed by atoms with Gasteiger partial charge in [-0.25, -0.2) is 17.8 Å². The summed E-state index contributed by atoms with van der Waals surface area (Å²) < 4.78 is 35.2. The maximum Gasteiger partial charge on any atom is 0.251 e. The van der Waals surface area contributed by atoms with Crippen molar-refractivity contribution in [2.45, 2.75) is 44.2 Å². The fourth-order valence-corrected chi connectivity index (χ4v) is 5.03. The molecule has 174 valence electrons. The van der Waals surface area contributed by atoms with Gasteiger partial charge in [-0.3, -0.25) is 4.79 Å². The van der Waals surface area contributed by atoms with Crippen molar-refractivity contribution in [1.29, 1.82) is 0 Å². The van der Waals surface area contributed by atoms with Crippen LogP contribution in [0.3, 0.4) is 0 Å². The molecule has 0 unspecified atom stereocenters. The number of para-hydroxylation sites is 1. The van der Waals surface area contributed by atoms with Crippen molar-refractivity contribution in [3.05, 3.63) is 77.1 Å². The van der Waals surface area contributed by atoms with Gasteiger partial charge in [-0.05, 0) is 57.0 Å². The molecule has 1 aliphatic heterocycles. The molecule has 8 nitrogen and oxygen atoms in total. The van der Waals surface area contributed by atoms with Gasteiger partial charge in [-0.2, -0.15) is 5.10 Å². The van der Waals surface area contributed by atoms with Gasteiger partial charge in [0, 0.05) is 36.5 Å². The Balaban J connectivity index is 1.44. The summed E-state index contributed by atoms with van der Waals surface area (Å²) in [7, 11) is -3.73. The van der Waals surface area contributed by atoms with Gasteiger partial charge in [0.25, 0.3) is 5.91 Å². The van der Waals surface area contributed by atoms with Crippen molar-refractivity contribution < 1.29 is 17.9 Å². The fourth-order valence-electron chi connectivity index (χ4n) is 3.92. The number of aromatic nitrogens is 2. The molecule has 1 aliphatic rings. The van der Waals surface area contributed by atoms with Crippen LogP contribution in [0.4, 0.5) is 0 Å². The van der Waals surface area contributed by atoms with Crippen molar-refractivity contribution in [3.63, 3.8) is 0 Å². The number of hydrogen-bond donors (Lipinski definition) is 2. The molecule has 0 radical (unpaired) electrons. The minimum Gasteiger partial charge on any atom is -0.377 e. The SMILES string of the molecule is Cc1nn(-c2ccccc2)c(C)c1CNC(=O)c1cccc(S(=O)(=O)NC[C@H]2CCCO2)c1. The molecule has 1 atom stereocenters. The molecule has 0 spiro atoms. The van der Waals surface area contributed by atoms with E-state index < -0.39 is 10.0 Å². The predicted octanol–water partition coefficient (Wildman–Crippen LogP) is 2.88. The fraction of sp³-hybridized carbons (Fsp3) is 0.333. The van der Waals surface area contributed by atoms with Crippen molar-refractivity contribution >= 4 is 15.9 Å². The largest absolute Gasteiger partial charge is 0.377 e. The molecule has 0 saturated carbocycles. The molecule has 1 amide bonds. The molecular formula is C24H28N4O4S. The van der Waals surface area contributed by atoms with Crippen LogP contribution in [0.25, 0.3) is 5.69 Å². The average molecular weight is 469 g/mol. The highest BCUT2D eigenvalue weighted by atomic mass is 32.2. The van der Waals surface area contributed by atoms with E-state index in [-0.39, 0.29) is 35.6 Å². The molecule has 4 rings (SSSR count). The number of carbonyl (C=O) groups is 1. The van der Waals surface area contributed by atoms with Gasteiger partial charge in [0.2, 0.25) is 10.0 Å². The highest BCUT2D eigenvalue weighted by molar-refractivity contribution is 7.89. The standard InChI is InChI=1S/C24H28N4O4S/c1-17-23(18(2)28(27-17)20-9-4-3-5-10-20)16-25-24(29)19-8-6-12-22(14-19)33(30,31)26-15-21-11-7-13-32-21/h3-6,8-10,12,14,21,26H,7,11,13,15-16H2,1-2H3,(H,25,29)/t21-/m1/s1. The maximum absolute atomic E-state index is 12.8. The highest BCUT2D eigenvalue weighted by Gasteiger charge is 2.21. The Morgan fingerprint density at radius 2 is 1.94 bits per heavy atom. The van der Waals surface area contributed by atoms with Crippen LogP contribution in [0.2, 0.25) is 0 Å². The van der Waals surface area contributed by atoms with Crippen molar-refractivity contribution in [2.75, 3.05) is 13.2 Å². The lowest BCUT2D eigenvalue weighted by Gasteiger charge is -2.12. The number of rotatable bonds is 8. The lowest BCUT2D eigenvalue weighted by Crippen LogP contribution is -2.32. The molecule has 0 bridgehead atoms. The minimum absolute atomic E-state index is 0.0532. The Labute approximate surface area is 194 Å². The molecule has 0 aliphatic carbocycles. The van der Waals surface area contributed by atoms with Crippen molar-refractivity contribution in [1.82, 2.24) is 19.8 Å². The summed E-state index contributed by atoms with van der Waals surface area (Å²) in [6, 6.07) is 15.8. The second-order valence-electron chi connectivity index (χ2n) is 8.09. The van der Waals surface area contributed by atoms with Crippen LogP contribution >= 0.6 is 0 Å². The van der Waals surface area contributed by atoms with E-state index in [0.717, 1.165) is 35.5 Å². The van der Waals surface area contributed by atoms with E-state index in [1.807, 2.05) is 48.9 Å². The van der Waals surface area contributed by atoms with Crippen molar-refractivity contribution in [3.8, 4) is 5.69 Å². The third kappa shape index (κ3) is 5.32. The maximum atomic E-state index is 12.8. The number of hydrogen-bond acceptors (Lipinski definition) is 5. The van der Waals surface area contributed by atoms with Crippen LogP contribution in [0, 0.1) is 13.8 Å². The molecule has 2 heterocycles. The first-order valence-electron chi connectivity index (χ1n) is 11.0. The third-order valence-corrected chi connectivity index (χ3v) is 7.22. The van der Waals surface area contributed by atoms with Crippen LogP contribution in [0.5, 0.6) is 0 Å². The Bertz CT molecular complexity index is 1230. The quantitative estimate of drug-likeness (QED) is 0.529. The lowest BCUT2D eigenvalue weighted by molar-refractivity contribution is 0.0950. The summed E-state index contributed by atoms with van der Waals surface area (Å²) in [5.74, 6) is -0.350. The van der Waals surface area contributed by atoms with E-state index in [2.05, 4.69) is 15.1 Å². The minimum atomic E-state index is -3.73. The zero-order chi connectivity index (χ0) is 23.4. The second kappa shape index (κ2) is 9.86. The Morgan fingerprint density at radius 1 is 1.15 bits per heavy atom. The zero-order valence-electron chi connectivity index (χ0n) is 18.7. The first-order valence-corrected chi connectivity index (χ1v) is 12.4. The number of benzene rings is 2. The van der Waals surface area contributed by atoms with Crippen LogP contribution in [-0.4, -0.2) is 43.4 Å². The van der Waals surface area contributed by atoms with Gasteiger partial charge < -0.3 is 10.1 Å². The van der Waals surface area contributed by atoms with E-state index in [1.54, 1.807) is 12.1 Å². The molecule has 1 saturated heterocycles. The molecule has 3 aromatic rings. The van der Waals surface area contributed by atoms with E-state index in [0.29, 0.717) is 6.61 Å². The van der Waals surface area contributed by atoms with Gasteiger partial charge >= 0.3 is 0 Å². The van der Waals surface area contributed by atoms with Crippen LogP contribution in [-0.2, 0) is 21.3 Å². The Kier molecular flexibility index (Phi) is 6.92. The van der Waals surface area contributed by atoms with Gasteiger partial charge in [-0.1, -0.05) is 24.3 Å². The molecule has 33 heavy (non-hydrogen) atoms. The molecule has 9 heteroatoms. The number of nitrogens with one attached hydrogen (secondary N) is 2. The molecule has 2 N–H and O–H groups in total. The molecule has 2 aromatic carbocycles. The molecule has 1 fully saturated rings. The average Bonchev–Trinajstić information content (AvgIpc) is 3.45. The van der Waals surface area contributed by atoms with Crippen molar-refractivity contribution in [2.24, 2.45) is 0 Å². The van der Waals surface area contributed by atoms with Crippen LogP contribution in [0.1, 0.15) is 40.2 Å². The van der Waals surface area contributed by atoms with Crippen LogP contribution in [0.15, 0.2) is 59.5 Å². The summed E-state index contributed by atoms with van der Waals surface area (Å²) in [4.78, 5) is 12.8. The van der Waals surface area contributed by atoms with Gasteiger partial charge in [0.05, 0.1) is 22.4 Å². The number of aryl methyl sites for hydroxylation is 1. The molecule has 1 aromatic heterocycles. The van der Waals surface area contributed by atoms with E-state index >= 15 is 0 Å². The third-order valence-electron chi connectivity index (χ3n) is 5.80. The number of amides is 1. The van der Waals surface area contributed by atoms with Gasteiger partial charge in [0.1, 0.15) is 0 Å². The summed E-state index contributed by atoms with van der Waals surface area (Å²) in [6.45, 7) is 5.04. The summed E-state index contributed by atoms with van der Waals surface area (Å²) >= 11 is 0. The number of sulfonamides is 1. The number of nitrogens with zero attached hydrogens (tertiary/aromatic N) is 2. The van der Waals surface area contributed by atoms with E-state index in [9.17, 15) is 13.2 Å². The van der Waals surface area contributed by atoms with Crippen LogP contribution < -0.4 is 10.0 Å². The Hall–Kier alpha value is -3.01. The summed E-state index contributed by atoms with van der Waals surface area (Å²) in [6.07, 6.45) is 1.67. The van der Waals surface area contributed by atoms with Gasteiger partial charge in [0.15, 0.2) is 0 Å². The number of ether oxygens (including phenoxy) is 1. The smallest absolute Gasteiger partial charge is 0.251 e. The van der Waals surface area contributed by atoms with E-state index in [1.165, 1.54) is 12.1 Å². The second-order valence-corrected chi connectivity index (χ2v) is 9.86. The monoisotopic (exact) mass is 468 g/mol.